The van der Waals surface area contributed by atoms with Crippen molar-refractivity contribution in [1.29, 1.82) is 0 Å². The first-order valence-corrected chi connectivity index (χ1v) is 8.02. The van der Waals surface area contributed by atoms with Crippen molar-refractivity contribution in [1.82, 2.24) is 10.2 Å². The summed E-state index contributed by atoms with van der Waals surface area (Å²) < 4.78 is 5.33. The van der Waals surface area contributed by atoms with Gasteiger partial charge in [-0.1, -0.05) is 6.07 Å². The topological polar surface area (TPSA) is 44.7 Å². The van der Waals surface area contributed by atoms with Crippen LogP contribution in [0.15, 0.2) is 35.7 Å². The Kier molecular flexibility index (Phi) is 4.43. The predicted molar refractivity (Wildman–Crippen MR) is 85.3 cm³/mol. The minimum absolute atomic E-state index is 0.0854. The van der Waals surface area contributed by atoms with Gasteiger partial charge in [-0.3, -0.25) is 4.90 Å². The van der Waals surface area contributed by atoms with Gasteiger partial charge in [0.25, 0.3) is 0 Å². The van der Waals surface area contributed by atoms with E-state index in [1.54, 1.807) is 30.6 Å². The molecule has 1 aliphatic heterocycles. The second-order valence-corrected chi connectivity index (χ2v) is 6.11. The van der Waals surface area contributed by atoms with E-state index in [1.807, 2.05) is 6.07 Å². The number of rotatable bonds is 4. The molecule has 0 unspecified atom stereocenters. The Labute approximate surface area is 129 Å². The number of phenols is 1. The number of hydrogen-bond donors (Lipinski definition) is 2. The average Bonchev–Trinajstić information content (AvgIpc) is 3.04. The number of hydrogen-bond acceptors (Lipinski definition) is 5. The standard InChI is InChI=1S/C16H20N2O2S/c1-20-12-4-5-14(19)13(11-12)16(15-3-2-10-21-15)18-8-6-17-7-9-18/h2-5,10-11,16-17,19H,6-9H2,1H3/t16-/m1/s1. The number of aromatic hydroxyl groups is 1. The summed E-state index contributed by atoms with van der Waals surface area (Å²) in [5.41, 5.74) is 0.915. The summed E-state index contributed by atoms with van der Waals surface area (Å²) in [5.74, 6) is 1.10. The Morgan fingerprint density at radius 3 is 2.76 bits per heavy atom. The minimum Gasteiger partial charge on any atom is -0.508 e. The second-order valence-electron chi connectivity index (χ2n) is 5.13. The van der Waals surface area contributed by atoms with Crippen molar-refractivity contribution >= 4 is 11.3 Å². The maximum Gasteiger partial charge on any atom is 0.121 e. The molecule has 1 atom stereocenters. The molecule has 1 aliphatic rings. The molecule has 2 N–H and O–H groups in total. The van der Waals surface area contributed by atoms with Gasteiger partial charge in [-0.05, 0) is 29.6 Å². The van der Waals surface area contributed by atoms with E-state index >= 15 is 0 Å². The predicted octanol–water partition coefficient (Wildman–Crippen LogP) is 2.46. The molecule has 2 aromatic rings. The van der Waals surface area contributed by atoms with Gasteiger partial charge in [0.15, 0.2) is 0 Å². The Hall–Kier alpha value is -1.56. The number of benzene rings is 1. The summed E-state index contributed by atoms with van der Waals surface area (Å²) in [5, 5.41) is 15.8. The fourth-order valence-electron chi connectivity index (χ4n) is 2.80. The van der Waals surface area contributed by atoms with Crippen molar-refractivity contribution in [3.8, 4) is 11.5 Å². The van der Waals surface area contributed by atoms with Crippen molar-refractivity contribution in [3.05, 3.63) is 46.2 Å². The molecule has 0 saturated carbocycles. The number of phenolic OH excluding ortho intramolecular Hbond substituents is 1. The first-order valence-electron chi connectivity index (χ1n) is 7.14. The molecule has 1 fully saturated rings. The van der Waals surface area contributed by atoms with Gasteiger partial charge in [-0.2, -0.15) is 0 Å². The van der Waals surface area contributed by atoms with E-state index in [0.29, 0.717) is 5.75 Å². The van der Waals surface area contributed by atoms with Crippen LogP contribution in [0.1, 0.15) is 16.5 Å². The molecule has 112 valence electrons. The molecular formula is C16H20N2O2S. The highest BCUT2D eigenvalue weighted by Crippen LogP contribution is 2.38. The fraction of sp³-hybridized carbons (Fsp3) is 0.375. The molecule has 2 heterocycles. The summed E-state index contributed by atoms with van der Waals surface area (Å²) in [6.45, 7) is 3.90. The number of nitrogens with zero attached hydrogens (tertiary/aromatic N) is 1. The van der Waals surface area contributed by atoms with Crippen molar-refractivity contribution in [3.63, 3.8) is 0 Å². The van der Waals surface area contributed by atoms with E-state index < -0.39 is 0 Å². The molecular weight excluding hydrogens is 284 g/mol. The van der Waals surface area contributed by atoms with Crippen molar-refractivity contribution in [2.45, 2.75) is 6.04 Å². The van der Waals surface area contributed by atoms with Gasteiger partial charge >= 0.3 is 0 Å². The van der Waals surface area contributed by atoms with Crippen LogP contribution in [-0.4, -0.2) is 43.3 Å². The number of thiophene rings is 1. The van der Waals surface area contributed by atoms with Gasteiger partial charge < -0.3 is 15.2 Å². The van der Waals surface area contributed by atoms with Crippen LogP contribution >= 0.6 is 11.3 Å². The van der Waals surface area contributed by atoms with Gasteiger partial charge in [0.05, 0.1) is 13.2 Å². The first kappa shape index (κ1) is 14.4. The van der Waals surface area contributed by atoms with Gasteiger partial charge in [0, 0.05) is 36.6 Å². The lowest BCUT2D eigenvalue weighted by Gasteiger charge is -2.35. The summed E-state index contributed by atoms with van der Waals surface area (Å²) in [6, 6.07) is 9.74. The van der Waals surface area contributed by atoms with E-state index in [1.165, 1.54) is 4.88 Å². The molecule has 0 amide bonds. The smallest absolute Gasteiger partial charge is 0.121 e. The van der Waals surface area contributed by atoms with Crippen LogP contribution in [-0.2, 0) is 0 Å². The maximum absolute atomic E-state index is 10.3. The molecule has 1 aromatic heterocycles. The summed E-state index contributed by atoms with van der Waals surface area (Å²) in [7, 11) is 1.65. The van der Waals surface area contributed by atoms with Crippen LogP contribution in [0.4, 0.5) is 0 Å². The van der Waals surface area contributed by atoms with E-state index in [0.717, 1.165) is 37.5 Å². The van der Waals surface area contributed by atoms with E-state index in [2.05, 4.69) is 27.7 Å². The molecule has 1 aromatic carbocycles. The Morgan fingerprint density at radius 2 is 2.10 bits per heavy atom. The lowest BCUT2D eigenvalue weighted by atomic mass is 10.0. The number of ether oxygens (including phenoxy) is 1. The molecule has 0 bridgehead atoms. The summed E-state index contributed by atoms with van der Waals surface area (Å²) >= 11 is 1.73. The normalized spacial score (nSPS) is 17.6. The highest BCUT2D eigenvalue weighted by atomic mass is 32.1. The van der Waals surface area contributed by atoms with Crippen LogP contribution in [0, 0.1) is 0 Å². The molecule has 0 spiro atoms. The van der Waals surface area contributed by atoms with Gasteiger partial charge in [0.2, 0.25) is 0 Å². The third kappa shape index (κ3) is 3.05. The van der Waals surface area contributed by atoms with Gasteiger partial charge in [-0.25, -0.2) is 0 Å². The molecule has 5 heteroatoms. The first-order chi connectivity index (χ1) is 10.3. The lowest BCUT2D eigenvalue weighted by molar-refractivity contribution is 0.197. The van der Waals surface area contributed by atoms with Gasteiger partial charge in [0.1, 0.15) is 11.5 Å². The van der Waals surface area contributed by atoms with E-state index in [9.17, 15) is 5.11 Å². The Morgan fingerprint density at radius 1 is 1.29 bits per heavy atom. The van der Waals surface area contributed by atoms with Crippen molar-refractivity contribution < 1.29 is 9.84 Å². The van der Waals surface area contributed by atoms with Crippen LogP contribution in [0.2, 0.25) is 0 Å². The zero-order chi connectivity index (χ0) is 14.7. The Balaban J connectivity index is 2.02. The maximum atomic E-state index is 10.3. The summed E-state index contributed by atoms with van der Waals surface area (Å²) in [4.78, 5) is 3.66. The lowest BCUT2D eigenvalue weighted by Crippen LogP contribution is -2.45. The second kappa shape index (κ2) is 6.47. The number of methoxy groups -OCH3 is 1. The van der Waals surface area contributed by atoms with Crippen LogP contribution < -0.4 is 10.1 Å². The van der Waals surface area contributed by atoms with Crippen molar-refractivity contribution in [2.24, 2.45) is 0 Å². The molecule has 4 nitrogen and oxygen atoms in total. The zero-order valence-electron chi connectivity index (χ0n) is 12.1. The molecule has 21 heavy (non-hydrogen) atoms. The largest absolute Gasteiger partial charge is 0.508 e. The number of nitrogens with one attached hydrogen (secondary N) is 1. The quantitative estimate of drug-likeness (QED) is 0.911. The highest BCUT2D eigenvalue weighted by molar-refractivity contribution is 7.10. The molecule has 1 saturated heterocycles. The molecule has 3 rings (SSSR count). The third-order valence-electron chi connectivity index (χ3n) is 3.86. The van der Waals surface area contributed by atoms with E-state index in [-0.39, 0.29) is 6.04 Å². The average molecular weight is 304 g/mol. The number of piperazine rings is 1. The van der Waals surface area contributed by atoms with Crippen LogP contribution in [0.3, 0.4) is 0 Å². The molecule has 0 radical (unpaired) electrons. The van der Waals surface area contributed by atoms with Gasteiger partial charge in [-0.15, -0.1) is 11.3 Å². The van der Waals surface area contributed by atoms with Crippen LogP contribution in [0.5, 0.6) is 11.5 Å². The van der Waals surface area contributed by atoms with Crippen molar-refractivity contribution in [2.75, 3.05) is 33.3 Å². The Bertz CT molecular complexity index is 580. The molecule has 0 aliphatic carbocycles. The summed E-state index contributed by atoms with van der Waals surface area (Å²) in [6.07, 6.45) is 0. The third-order valence-corrected chi connectivity index (χ3v) is 4.78. The van der Waals surface area contributed by atoms with Crippen LogP contribution in [0.25, 0.3) is 0 Å². The highest BCUT2D eigenvalue weighted by Gasteiger charge is 2.27. The van der Waals surface area contributed by atoms with E-state index in [4.69, 9.17) is 4.74 Å². The minimum atomic E-state index is 0.0854. The fourth-order valence-corrected chi connectivity index (χ4v) is 3.67. The zero-order valence-corrected chi connectivity index (χ0v) is 12.9. The SMILES string of the molecule is COc1ccc(O)c([C@H](c2cccs2)N2CCNCC2)c1. The monoisotopic (exact) mass is 304 g/mol.